The number of carbonyl (C=O) groups is 2. The molecule has 0 unspecified atom stereocenters. The summed E-state index contributed by atoms with van der Waals surface area (Å²) in [5, 5.41) is 18.9. The second-order valence-corrected chi connectivity index (χ2v) is 9.25. The number of rotatable bonds is 10. The number of likely N-dealkylation sites (N-methyl/N-ethyl adjacent to an activating group) is 1. The molecular formula is C26H35FN8O3. The molecule has 0 spiro atoms. The Kier molecular flexibility index (Phi) is 10.8. The standard InChI is InChI=1S/C26H35FN8O3/c1-26(2,3)38-25(37)35(6)16-21(36)31-13-9-7-8-10-17-15-32-24(34-23(17)30-5)33-18-11-12-19(22(27)28)20(14-18)29-4/h11-12,14-15,28-29H,7,9,13,16H2,1-6H3,(H,31,36)(H2,30,32,33,34). The van der Waals surface area contributed by atoms with Crippen molar-refractivity contribution in [2.45, 2.75) is 39.2 Å². The van der Waals surface area contributed by atoms with Crippen LogP contribution in [0.5, 0.6) is 0 Å². The number of hydrogen-bond donors (Lipinski definition) is 5. The number of carbonyl (C=O) groups excluding carboxylic acids is 2. The smallest absolute Gasteiger partial charge is 0.410 e. The molecule has 1 heterocycles. The van der Waals surface area contributed by atoms with Crippen molar-refractivity contribution in [1.82, 2.24) is 20.2 Å². The lowest BCUT2D eigenvalue weighted by atomic mass is 10.1. The van der Waals surface area contributed by atoms with Gasteiger partial charge in [-0.3, -0.25) is 10.2 Å². The van der Waals surface area contributed by atoms with Gasteiger partial charge in [-0.2, -0.15) is 9.37 Å². The Balaban J connectivity index is 1.87. The van der Waals surface area contributed by atoms with E-state index >= 15 is 0 Å². The largest absolute Gasteiger partial charge is 0.444 e. The van der Waals surface area contributed by atoms with Crippen LogP contribution in [0.15, 0.2) is 24.4 Å². The maximum absolute atomic E-state index is 13.3. The van der Waals surface area contributed by atoms with Gasteiger partial charge >= 0.3 is 6.09 Å². The lowest BCUT2D eigenvalue weighted by molar-refractivity contribution is -0.122. The fourth-order valence-corrected chi connectivity index (χ4v) is 3.11. The minimum Gasteiger partial charge on any atom is -0.444 e. The third-order valence-corrected chi connectivity index (χ3v) is 4.92. The number of ether oxygens (including phenoxy) is 1. The predicted octanol–water partition coefficient (Wildman–Crippen LogP) is 3.71. The normalized spacial score (nSPS) is 10.5. The molecule has 38 heavy (non-hydrogen) atoms. The number of nitrogens with one attached hydrogen (secondary N) is 5. The molecular weight excluding hydrogens is 491 g/mol. The first-order valence-corrected chi connectivity index (χ1v) is 12.0. The Morgan fingerprint density at radius 2 is 1.95 bits per heavy atom. The molecule has 0 atom stereocenters. The molecule has 1 aromatic heterocycles. The summed E-state index contributed by atoms with van der Waals surface area (Å²) in [6.45, 7) is 5.62. The second-order valence-electron chi connectivity index (χ2n) is 9.25. The van der Waals surface area contributed by atoms with E-state index in [-0.39, 0.29) is 18.0 Å². The van der Waals surface area contributed by atoms with Crippen molar-refractivity contribution in [3.8, 4) is 11.8 Å². The molecule has 2 rings (SSSR count). The summed E-state index contributed by atoms with van der Waals surface area (Å²) in [7, 11) is 4.88. The van der Waals surface area contributed by atoms with E-state index in [1.807, 2.05) is 0 Å². The van der Waals surface area contributed by atoms with Crippen molar-refractivity contribution in [3.63, 3.8) is 0 Å². The highest BCUT2D eigenvalue weighted by atomic mass is 19.1. The van der Waals surface area contributed by atoms with Crippen LogP contribution in [-0.2, 0) is 9.53 Å². The van der Waals surface area contributed by atoms with Crippen LogP contribution in [0.2, 0.25) is 0 Å². The van der Waals surface area contributed by atoms with Crippen LogP contribution >= 0.6 is 0 Å². The quantitative estimate of drug-likeness (QED) is 0.179. The maximum atomic E-state index is 13.3. The Bertz CT molecular complexity index is 1220. The lowest BCUT2D eigenvalue weighted by Gasteiger charge is -2.24. The number of unbranched alkanes of at least 4 members (excludes halogenated alkanes) is 1. The minimum absolute atomic E-state index is 0.0934. The van der Waals surface area contributed by atoms with Crippen LogP contribution in [0.25, 0.3) is 0 Å². The van der Waals surface area contributed by atoms with E-state index in [0.29, 0.717) is 48.1 Å². The van der Waals surface area contributed by atoms with Crippen LogP contribution in [0.1, 0.15) is 44.7 Å². The van der Waals surface area contributed by atoms with E-state index in [1.165, 1.54) is 18.0 Å². The van der Waals surface area contributed by atoms with Crippen molar-refractivity contribution in [3.05, 3.63) is 35.5 Å². The second kappa shape index (κ2) is 13.8. The van der Waals surface area contributed by atoms with Gasteiger partial charge in [0, 0.05) is 45.5 Å². The number of benzene rings is 1. The summed E-state index contributed by atoms with van der Waals surface area (Å²) in [6.07, 6.45) is 2.20. The molecule has 12 heteroatoms. The van der Waals surface area contributed by atoms with E-state index in [4.69, 9.17) is 10.1 Å². The highest BCUT2D eigenvalue weighted by Crippen LogP contribution is 2.24. The Morgan fingerprint density at radius 3 is 2.58 bits per heavy atom. The summed E-state index contributed by atoms with van der Waals surface area (Å²) in [6, 6.07) is 4.79. The van der Waals surface area contributed by atoms with Gasteiger partial charge in [0.2, 0.25) is 17.8 Å². The van der Waals surface area contributed by atoms with E-state index in [9.17, 15) is 14.0 Å². The first-order valence-electron chi connectivity index (χ1n) is 12.0. The molecule has 0 saturated heterocycles. The van der Waals surface area contributed by atoms with Gasteiger partial charge in [-0.1, -0.05) is 11.8 Å². The lowest BCUT2D eigenvalue weighted by Crippen LogP contribution is -2.41. The summed E-state index contributed by atoms with van der Waals surface area (Å²) in [4.78, 5) is 33.9. The zero-order valence-corrected chi connectivity index (χ0v) is 22.6. The van der Waals surface area contributed by atoms with E-state index < -0.39 is 17.7 Å². The molecule has 1 aromatic carbocycles. The number of anilines is 4. The van der Waals surface area contributed by atoms with Crippen LogP contribution in [-0.4, -0.2) is 72.7 Å². The first kappa shape index (κ1) is 29.8. The van der Waals surface area contributed by atoms with Gasteiger partial charge in [-0.15, -0.1) is 0 Å². The van der Waals surface area contributed by atoms with Crippen molar-refractivity contribution >= 4 is 41.1 Å². The zero-order chi connectivity index (χ0) is 28.3. The monoisotopic (exact) mass is 526 g/mol. The van der Waals surface area contributed by atoms with Gasteiger partial charge in [0.05, 0.1) is 17.3 Å². The molecule has 0 aliphatic carbocycles. The highest BCUT2D eigenvalue weighted by Gasteiger charge is 2.20. The van der Waals surface area contributed by atoms with Crippen LogP contribution in [0.4, 0.5) is 32.3 Å². The maximum Gasteiger partial charge on any atom is 0.410 e. The molecule has 204 valence electrons. The topological polar surface area (TPSA) is 144 Å². The van der Waals surface area contributed by atoms with Gasteiger partial charge in [-0.25, -0.2) is 9.78 Å². The molecule has 11 nitrogen and oxygen atoms in total. The van der Waals surface area contributed by atoms with Crippen molar-refractivity contribution in [2.75, 3.05) is 50.2 Å². The number of nitrogens with zero attached hydrogens (tertiary/aromatic N) is 3. The van der Waals surface area contributed by atoms with E-state index in [1.54, 1.807) is 53.2 Å². The Labute approximate surface area is 222 Å². The minimum atomic E-state index is -1.02. The molecule has 0 saturated carbocycles. The third kappa shape index (κ3) is 9.57. The van der Waals surface area contributed by atoms with Gasteiger partial charge in [0.25, 0.3) is 0 Å². The number of halogens is 1. The van der Waals surface area contributed by atoms with Crippen LogP contribution in [0.3, 0.4) is 0 Å². The summed E-state index contributed by atoms with van der Waals surface area (Å²) < 4.78 is 18.6. The fraction of sp³-hybridized carbons (Fsp3) is 0.423. The van der Waals surface area contributed by atoms with Crippen molar-refractivity contribution in [2.24, 2.45) is 0 Å². The average Bonchev–Trinajstić information content (AvgIpc) is 2.85. The first-order chi connectivity index (χ1) is 17.9. The number of hydrogen-bond acceptors (Lipinski definition) is 9. The molecule has 2 amide bonds. The number of amides is 2. The van der Waals surface area contributed by atoms with Gasteiger partial charge in [0.1, 0.15) is 18.0 Å². The van der Waals surface area contributed by atoms with Crippen molar-refractivity contribution < 1.29 is 18.7 Å². The Morgan fingerprint density at radius 1 is 1.21 bits per heavy atom. The van der Waals surface area contributed by atoms with E-state index in [2.05, 4.69) is 43.1 Å². The molecule has 0 aliphatic rings. The Hall–Kier alpha value is -4.40. The van der Waals surface area contributed by atoms with Gasteiger partial charge in [0.15, 0.2) is 0 Å². The van der Waals surface area contributed by atoms with Gasteiger partial charge in [-0.05, 0) is 45.4 Å². The fourth-order valence-electron chi connectivity index (χ4n) is 3.11. The van der Waals surface area contributed by atoms with Crippen molar-refractivity contribution in [1.29, 1.82) is 5.41 Å². The molecule has 0 fully saturated rings. The molecule has 2 aromatic rings. The van der Waals surface area contributed by atoms with E-state index in [0.717, 1.165) is 0 Å². The SMILES string of the molecule is CNc1cc(Nc2ncc(C#CCCCNC(=O)CN(C)C(=O)OC(C)(C)C)c(NC)n2)ccc1C(=N)F. The highest BCUT2D eigenvalue weighted by molar-refractivity contribution is 5.97. The summed E-state index contributed by atoms with van der Waals surface area (Å²) >= 11 is 0. The average molecular weight is 527 g/mol. The number of aromatic nitrogens is 2. The zero-order valence-electron chi connectivity index (χ0n) is 22.6. The summed E-state index contributed by atoms with van der Waals surface area (Å²) in [5.74, 6) is 5.63. The molecule has 0 aliphatic heterocycles. The summed E-state index contributed by atoms with van der Waals surface area (Å²) in [5.41, 5.74) is 1.23. The van der Waals surface area contributed by atoms with Crippen LogP contribution < -0.4 is 21.3 Å². The predicted molar refractivity (Wildman–Crippen MR) is 147 cm³/mol. The molecule has 0 radical (unpaired) electrons. The van der Waals surface area contributed by atoms with Gasteiger partial charge < -0.3 is 30.9 Å². The third-order valence-electron chi connectivity index (χ3n) is 4.92. The molecule has 5 N–H and O–H groups in total. The van der Waals surface area contributed by atoms with Crippen LogP contribution in [0, 0.1) is 17.3 Å². The molecule has 0 bridgehead atoms.